The molecule has 0 aliphatic heterocycles. The Labute approximate surface area is 98.8 Å². The summed E-state index contributed by atoms with van der Waals surface area (Å²) < 4.78 is 0.974. The predicted molar refractivity (Wildman–Crippen MR) is 64.9 cm³/mol. The van der Waals surface area contributed by atoms with Crippen LogP contribution in [0, 0.1) is 0 Å². The molecule has 0 bridgehead atoms. The smallest absolute Gasteiger partial charge is 0.151 e. The molecule has 72 valence electrons. The lowest BCUT2D eigenvalue weighted by Crippen LogP contribution is -1.78. The molecular formula is C10H6BrClOS. The number of carbonyl (C=O) groups is 1. The van der Waals surface area contributed by atoms with Crippen molar-refractivity contribution < 1.29 is 4.79 Å². The molecule has 0 aliphatic rings. The van der Waals surface area contributed by atoms with Gasteiger partial charge in [0.05, 0.1) is 0 Å². The van der Waals surface area contributed by atoms with Crippen LogP contribution in [-0.2, 0) is 5.33 Å². The summed E-state index contributed by atoms with van der Waals surface area (Å²) in [6, 6.07) is 5.54. The SMILES string of the molecule is O=Cc1ccc(Cl)c2cc(CBr)sc12. The van der Waals surface area contributed by atoms with Crippen molar-refractivity contribution in [3.05, 3.63) is 33.7 Å². The van der Waals surface area contributed by atoms with Gasteiger partial charge in [-0.05, 0) is 18.2 Å². The first-order valence-electron chi connectivity index (χ1n) is 3.98. The number of hydrogen-bond donors (Lipinski definition) is 0. The third-order valence-corrected chi connectivity index (χ3v) is 4.46. The first-order valence-corrected chi connectivity index (χ1v) is 6.30. The van der Waals surface area contributed by atoms with E-state index in [1.165, 1.54) is 4.88 Å². The molecule has 2 rings (SSSR count). The largest absolute Gasteiger partial charge is 0.298 e. The molecule has 0 aliphatic carbocycles. The lowest BCUT2D eigenvalue weighted by Gasteiger charge is -1.95. The number of fused-ring (bicyclic) bond motifs is 1. The molecule has 0 radical (unpaired) electrons. The molecule has 0 fully saturated rings. The molecule has 0 N–H and O–H groups in total. The van der Waals surface area contributed by atoms with Crippen LogP contribution in [0.2, 0.25) is 5.02 Å². The van der Waals surface area contributed by atoms with Gasteiger partial charge in [0.15, 0.2) is 6.29 Å². The second-order valence-electron chi connectivity index (χ2n) is 2.84. The molecule has 0 atom stereocenters. The summed E-state index contributed by atoms with van der Waals surface area (Å²) >= 11 is 11.0. The summed E-state index contributed by atoms with van der Waals surface area (Å²) in [6.45, 7) is 0. The van der Waals surface area contributed by atoms with Gasteiger partial charge in [-0.15, -0.1) is 11.3 Å². The fraction of sp³-hybridized carbons (Fsp3) is 0.100. The highest BCUT2D eigenvalue weighted by molar-refractivity contribution is 9.08. The average molecular weight is 290 g/mol. The number of halogens is 2. The second-order valence-corrected chi connectivity index (χ2v) is 4.95. The van der Waals surface area contributed by atoms with Gasteiger partial charge in [0, 0.05) is 30.9 Å². The van der Waals surface area contributed by atoms with Gasteiger partial charge in [0.2, 0.25) is 0 Å². The zero-order chi connectivity index (χ0) is 10.1. The lowest BCUT2D eigenvalue weighted by molar-refractivity contribution is 0.112. The third-order valence-electron chi connectivity index (χ3n) is 1.97. The summed E-state index contributed by atoms with van der Waals surface area (Å²) in [5, 5.41) is 2.46. The van der Waals surface area contributed by atoms with E-state index in [-0.39, 0.29) is 0 Å². The Morgan fingerprint density at radius 3 is 2.93 bits per heavy atom. The fourth-order valence-electron chi connectivity index (χ4n) is 1.32. The monoisotopic (exact) mass is 288 g/mol. The number of carbonyl (C=O) groups excluding carboxylic acids is 1. The summed E-state index contributed by atoms with van der Waals surface area (Å²) in [7, 11) is 0. The Morgan fingerprint density at radius 2 is 2.29 bits per heavy atom. The minimum absolute atomic E-state index is 0.703. The van der Waals surface area contributed by atoms with Crippen LogP contribution in [0.4, 0.5) is 0 Å². The van der Waals surface area contributed by atoms with Gasteiger partial charge < -0.3 is 0 Å². The van der Waals surface area contributed by atoms with Crippen molar-refractivity contribution in [2.45, 2.75) is 5.33 Å². The van der Waals surface area contributed by atoms with Gasteiger partial charge >= 0.3 is 0 Å². The molecule has 1 nitrogen and oxygen atoms in total. The quantitative estimate of drug-likeness (QED) is 0.596. The van der Waals surface area contributed by atoms with Crippen molar-refractivity contribution >= 4 is 55.2 Å². The van der Waals surface area contributed by atoms with E-state index in [0.29, 0.717) is 10.6 Å². The minimum atomic E-state index is 0.703. The molecule has 0 amide bonds. The molecule has 0 spiro atoms. The Hall–Kier alpha value is -0.380. The molecular weight excluding hydrogens is 284 g/mol. The Bertz CT molecular complexity index is 492. The first-order chi connectivity index (χ1) is 6.76. The highest BCUT2D eigenvalue weighted by Gasteiger charge is 2.08. The van der Waals surface area contributed by atoms with Crippen LogP contribution in [0.15, 0.2) is 18.2 Å². The van der Waals surface area contributed by atoms with Crippen LogP contribution in [0.1, 0.15) is 15.2 Å². The van der Waals surface area contributed by atoms with E-state index in [4.69, 9.17) is 11.6 Å². The van der Waals surface area contributed by atoms with Crippen LogP contribution in [-0.4, -0.2) is 6.29 Å². The van der Waals surface area contributed by atoms with Crippen molar-refractivity contribution in [1.29, 1.82) is 0 Å². The number of aldehydes is 1. The Morgan fingerprint density at radius 1 is 1.50 bits per heavy atom. The Balaban J connectivity index is 2.81. The number of hydrogen-bond acceptors (Lipinski definition) is 2. The normalized spacial score (nSPS) is 10.7. The molecule has 0 unspecified atom stereocenters. The van der Waals surface area contributed by atoms with Crippen LogP contribution in [0.25, 0.3) is 10.1 Å². The van der Waals surface area contributed by atoms with Crippen molar-refractivity contribution in [3.8, 4) is 0 Å². The first kappa shape index (κ1) is 10.1. The summed E-state index contributed by atoms with van der Waals surface area (Å²) in [6.07, 6.45) is 0.868. The molecule has 2 aromatic rings. The zero-order valence-electron chi connectivity index (χ0n) is 7.09. The fourth-order valence-corrected chi connectivity index (χ4v) is 3.10. The van der Waals surface area contributed by atoms with Gasteiger partial charge in [-0.25, -0.2) is 0 Å². The van der Waals surface area contributed by atoms with E-state index in [1.807, 2.05) is 6.07 Å². The topological polar surface area (TPSA) is 17.1 Å². The maximum atomic E-state index is 10.8. The standard InChI is InChI=1S/C10H6BrClOS/c11-4-7-3-8-9(12)2-1-6(5-13)10(8)14-7/h1-3,5H,4H2. The Kier molecular flexibility index (Phi) is 2.91. The van der Waals surface area contributed by atoms with Crippen molar-refractivity contribution in [3.63, 3.8) is 0 Å². The van der Waals surface area contributed by atoms with Gasteiger partial charge in [0.25, 0.3) is 0 Å². The molecule has 1 aromatic carbocycles. The number of alkyl halides is 1. The van der Waals surface area contributed by atoms with E-state index in [9.17, 15) is 4.79 Å². The van der Waals surface area contributed by atoms with Gasteiger partial charge in [-0.2, -0.15) is 0 Å². The zero-order valence-corrected chi connectivity index (χ0v) is 10.2. The van der Waals surface area contributed by atoms with E-state index in [1.54, 1.807) is 23.5 Å². The van der Waals surface area contributed by atoms with Crippen LogP contribution >= 0.6 is 38.9 Å². The van der Waals surface area contributed by atoms with Crippen molar-refractivity contribution in [1.82, 2.24) is 0 Å². The van der Waals surface area contributed by atoms with Crippen LogP contribution < -0.4 is 0 Å². The molecule has 4 heteroatoms. The van der Waals surface area contributed by atoms with Crippen LogP contribution in [0.5, 0.6) is 0 Å². The maximum Gasteiger partial charge on any atom is 0.151 e. The highest BCUT2D eigenvalue weighted by Crippen LogP contribution is 2.34. The number of thiophene rings is 1. The lowest BCUT2D eigenvalue weighted by atomic mass is 10.2. The predicted octanol–water partition coefficient (Wildman–Crippen LogP) is 4.26. The summed E-state index contributed by atoms with van der Waals surface area (Å²) in [5.41, 5.74) is 0.710. The third kappa shape index (κ3) is 1.60. The van der Waals surface area contributed by atoms with Crippen LogP contribution in [0.3, 0.4) is 0 Å². The molecule has 1 heterocycles. The van der Waals surface area contributed by atoms with E-state index in [0.717, 1.165) is 21.7 Å². The molecule has 0 saturated carbocycles. The number of benzene rings is 1. The van der Waals surface area contributed by atoms with Gasteiger partial charge in [0.1, 0.15) is 0 Å². The average Bonchev–Trinajstić information content (AvgIpc) is 2.63. The molecule has 14 heavy (non-hydrogen) atoms. The van der Waals surface area contributed by atoms with E-state index >= 15 is 0 Å². The van der Waals surface area contributed by atoms with E-state index in [2.05, 4.69) is 15.9 Å². The molecule has 1 aromatic heterocycles. The van der Waals surface area contributed by atoms with Gasteiger partial charge in [-0.3, -0.25) is 4.79 Å². The highest BCUT2D eigenvalue weighted by atomic mass is 79.9. The second kappa shape index (κ2) is 4.01. The molecule has 0 saturated heterocycles. The number of rotatable bonds is 2. The van der Waals surface area contributed by atoms with Gasteiger partial charge in [-0.1, -0.05) is 27.5 Å². The summed E-state index contributed by atoms with van der Waals surface area (Å²) in [5.74, 6) is 0. The van der Waals surface area contributed by atoms with E-state index < -0.39 is 0 Å². The van der Waals surface area contributed by atoms with Crippen molar-refractivity contribution in [2.24, 2.45) is 0 Å². The summed E-state index contributed by atoms with van der Waals surface area (Å²) in [4.78, 5) is 12.0. The van der Waals surface area contributed by atoms with Crippen molar-refractivity contribution in [2.75, 3.05) is 0 Å². The minimum Gasteiger partial charge on any atom is -0.298 e. The maximum absolute atomic E-state index is 10.8.